The van der Waals surface area contributed by atoms with Gasteiger partial charge in [-0.2, -0.15) is 0 Å². The molecule has 14 heteroatoms. The summed E-state index contributed by atoms with van der Waals surface area (Å²) in [5, 5.41) is 16.3. The van der Waals surface area contributed by atoms with Crippen LogP contribution in [0.1, 0.15) is 35.7 Å². The number of nitrogens with one attached hydrogen (secondary N) is 2. The Bertz CT molecular complexity index is 1540. The zero-order valence-electron chi connectivity index (χ0n) is 23.9. The van der Waals surface area contributed by atoms with Gasteiger partial charge in [0.2, 0.25) is 0 Å². The fraction of sp³-hybridized carbons (Fsp3) is 0.393. The van der Waals surface area contributed by atoms with Crippen molar-refractivity contribution in [1.82, 2.24) is 15.0 Å². The monoisotopic (exact) mass is 603 g/mol. The van der Waals surface area contributed by atoms with E-state index in [1.54, 1.807) is 14.0 Å². The fourth-order valence-corrected chi connectivity index (χ4v) is 6.05. The molecule has 4 rings (SSSR count). The number of aliphatic hydroxyl groups is 1. The van der Waals surface area contributed by atoms with Crippen LogP contribution in [0.15, 0.2) is 51.9 Å². The number of carbonyl (C=O) groups excluding carboxylic acids is 2. The number of likely N-dealkylation sites (N-methyl/N-ethyl adjacent to an activating group) is 1. The molecular formula is C28H34FN5O7S. The number of rotatable bonds is 8. The van der Waals surface area contributed by atoms with E-state index in [1.807, 2.05) is 6.92 Å². The molecule has 0 fully saturated rings. The second-order valence-corrected chi connectivity index (χ2v) is 12.0. The van der Waals surface area contributed by atoms with Gasteiger partial charge < -0.3 is 29.5 Å². The van der Waals surface area contributed by atoms with Gasteiger partial charge >= 0.3 is 6.03 Å². The molecule has 42 heavy (non-hydrogen) atoms. The normalized spacial score (nSPS) is 17.9. The highest BCUT2D eigenvalue weighted by Crippen LogP contribution is 2.32. The molecule has 0 bridgehead atoms. The van der Waals surface area contributed by atoms with Gasteiger partial charge in [0.05, 0.1) is 24.8 Å². The highest BCUT2D eigenvalue weighted by Gasteiger charge is 2.34. The number of hydrogen-bond acceptors (Lipinski definition) is 8. The Morgan fingerprint density at radius 3 is 2.50 bits per heavy atom. The van der Waals surface area contributed by atoms with Crippen LogP contribution in [0.2, 0.25) is 0 Å². The van der Waals surface area contributed by atoms with E-state index in [0.717, 1.165) is 0 Å². The topological polar surface area (TPSA) is 154 Å². The highest BCUT2D eigenvalue weighted by molar-refractivity contribution is 7.92. The second kappa shape index (κ2) is 12.4. The van der Waals surface area contributed by atoms with Crippen molar-refractivity contribution in [1.29, 1.82) is 0 Å². The molecule has 1 aromatic heterocycles. The number of aromatic nitrogens is 1. The van der Waals surface area contributed by atoms with E-state index in [2.05, 4.69) is 15.2 Å². The summed E-state index contributed by atoms with van der Waals surface area (Å²) in [6.07, 6.45) is -0.584. The lowest BCUT2D eigenvalue weighted by Crippen LogP contribution is -2.50. The minimum absolute atomic E-state index is 0.0876. The third-order valence-corrected chi connectivity index (χ3v) is 8.67. The number of fused-ring (bicyclic) bond motifs is 1. The van der Waals surface area contributed by atoms with Crippen LogP contribution < -0.4 is 14.8 Å². The molecule has 226 valence electrons. The number of nitrogens with zero attached hydrogens (tertiary/aromatic N) is 3. The first kappa shape index (κ1) is 30.8. The van der Waals surface area contributed by atoms with E-state index < -0.39 is 39.9 Å². The summed E-state index contributed by atoms with van der Waals surface area (Å²) in [6, 6.07) is 8.72. The van der Waals surface area contributed by atoms with Gasteiger partial charge in [0.1, 0.15) is 23.4 Å². The lowest BCUT2D eigenvalue weighted by atomic mass is 9.99. The van der Waals surface area contributed by atoms with Crippen LogP contribution in [0.5, 0.6) is 5.75 Å². The lowest BCUT2D eigenvalue weighted by molar-refractivity contribution is 0.0371. The van der Waals surface area contributed by atoms with E-state index in [-0.39, 0.29) is 59.0 Å². The van der Waals surface area contributed by atoms with Crippen molar-refractivity contribution in [2.24, 2.45) is 5.92 Å². The van der Waals surface area contributed by atoms with Crippen LogP contribution in [-0.2, 0) is 10.0 Å². The van der Waals surface area contributed by atoms with Crippen LogP contribution in [0.4, 0.5) is 20.6 Å². The van der Waals surface area contributed by atoms with E-state index in [1.165, 1.54) is 66.1 Å². The van der Waals surface area contributed by atoms with Crippen LogP contribution in [0.3, 0.4) is 0 Å². The number of halogens is 1. The minimum Gasteiger partial charge on any atom is -0.487 e. The van der Waals surface area contributed by atoms with Crippen molar-refractivity contribution < 1.29 is 36.8 Å². The van der Waals surface area contributed by atoms with Gasteiger partial charge in [-0.3, -0.25) is 9.52 Å². The van der Waals surface area contributed by atoms with E-state index in [0.29, 0.717) is 5.69 Å². The van der Waals surface area contributed by atoms with Gasteiger partial charge in [0.15, 0.2) is 10.7 Å². The molecule has 1 aliphatic heterocycles. The molecule has 0 spiro atoms. The number of aliphatic hydroxyl groups excluding tert-OH is 1. The molecule has 0 saturated heterocycles. The maximum Gasteiger partial charge on any atom is 0.321 e. The lowest BCUT2D eigenvalue weighted by Gasteiger charge is -2.38. The molecule has 2 aromatic carbocycles. The predicted molar refractivity (Wildman–Crippen MR) is 152 cm³/mol. The molecular weight excluding hydrogens is 569 g/mol. The van der Waals surface area contributed by atoms with Gasteiger partial charge in [-0.1, -0.05) is 12.1 Å². The number of amides is 3. The molecule has 3 aromatic rings. The molecule has 0 radical (unpaired) electrons. The number of hydrogen-bond donors (Lipinski definition) is 3. The van der Waals surface area contributed by atoms with E-state index >= 15 is 0 Å². The second-order valence-electron chi connectivity index (χ2n) is 10.4. The van der Waals surface area contributed by atoms with Crippen molar-refractivity contribution in [2.75, 3.05) is 36.8 Å². The molecule has 0 saturated carbocycles. The quantitative estimate of drug-likeness (QED) is 0.353. The van der Waals surface area contributed by atoms with Gasteiger partial charge in [-0.15, -0.1) is 0 Å². The van der Waals surface area contributed by atoms with Gasteiger partial charge in [-0.25, -0.2) is 17.6 Å². The molecule has 0 unspecified atom stereocenters. The summed E-state index contributed by atoms with van der Waals surface area (Å²) in [5.41, 5.74) is 0.816. The van der Waals surface area contributed by atoms with Crippen LogP contribution in [-0.4, -0.2) is 79.3 Å². The number of ether oxygens (including phenoxy) is 1. The molecule has 3 N–H and O–H groups in total. The summed E-state index contributed by atoms with van der Waals surface area (Å²) in [7, 11) is -2.50. The smallest absolute Gasteiger partial charge is 0.321 e. The molecule has 2 heterocycles. The van der Waals surface area contributed by atoms with Crippen molar-refractivity contribution in [3.63, 3.8) is 0 Å². The predicted octanol–water partition coefficient (Wildman–Crippen LogP) is 3.62. The van der Waals surface area contributed by atoms with E-state index in [4.69, 9.17) is 9.26 Å². The fourth-order valence-electron chi connectivity index (χ4n) is 4.67. The Morgan fingerprint density at radius 1 is 1.21 bits per heavy atom. The molecule has 3 amide bonds. The summed E-state index contributed by atoms with van der Waals surface area (Å²) in [5.74, 6) is -0.822. The molecule has 1 aliphatic rings. The Balaban J connectivity index is 1.62. The molecule has 3 atom stereocenters. The average molecular weight is 604 g/mol. The number of carbonyl (C=O) groups is 2. The molecule has 12 nitrogen and oxygen atoms in total. The number of urea groups is 1. The largest absolute Gasteiger partial charge is 0.487 e. The van der Waals surface area contributed by atoms with Crippen molar-refractivity contribution >= 4 is 33.3 Å². The average Bonchev–Trinajstić information content (AvgIpc) is 3.29. The first-order chi connectivity index (χ1) is 19.8. The highest BCUT2D eigenvalue weighted by atomic mass is 32.2. The van der Waals surface area contributed by atoms with E-state index in [9.17, 15) is 27.5 Å². The summed E-state index contributed by atoms with van der Waals surface area (Å²) >= 11 is 0. The zero-order valence-corrected chi connectivity index (χ0v) is 24.7. The SMILES string of the molecule is Cc1noc(C)c1S(=O)(=O)Nc1ccc2c(c1)C(=O)N([C@H](C)CO)C[C@@H](C)[C@@H](CN(C)C(=O)Nc1ccc(F)cc1)O2. The number of anilines is 2. The Hall–Kier alpha value is -4.17. The van der Waals surface area contributed by atoms with Crippen molar-refractivity contribution in [3.8, 4) is 5.75 Å². The van der Waals surface area contributed by atoms with Crippen molar-refractivity contribution in [3.05, 3.63) is 65.3 Å². The number of benzene rings is 2. The Kier molecular flexibility index (Phi) is 9.06. The van der Waals surface area contributed by atoms with Gasteiger partial charge in [0, 0.05) is 30.9 Å². The zero-order chi connectivity index (χ0) is 30.8. The van der Waals surface area contributed by atoms with Crippen molar-refractivity contribution in [2.45, 2.75) is 44.7 Å². The third-order valence-electron chi connectivity index (χ3n) is 7.05. The first-order valence-corrected chi connectivity index (χ1v) is 14.7. The third kappa shape index (κ3) is 6.65. The van der Waals surface area contributed by atoms with Crippen LogP contribution in [0.25, 0.3) is 0 Å². The molecule has 0 aliphatic carbocycles. The van der Waals surface area contributed by atoms with Gasteiger partial charge in [-0.05, 0) is 63.2 Å². The Labute approximate surface area is 243 Å². The Morgan fingerprint density at radius 2 is 1.88 bits per heavy atom. The maximum atomic E-state index is 13.7. The van der Waals surface area contributed by atoms with Gasteiger partial charge in [0.25, 0.3) is 15.9 Å². The van der Waals surface area contributed by atoms with Crippen LogP contribution in [0, 0.1) is 25.6 Å². The summed E-state index contributed by atoms with van der Waals surface area (Å²) in [6.45, 7) is 6.61. The summed E-state index contributed by atoms with van der Waals surface area (Å²) in [4.78, 5) is 29.4. The minimum atomic E-state index is -4.08. The maximum absolute atomic E-state index is 13.7. The number of aryl methyl sites for hydroxylation is 2. The number of sulfonamides is 1. The summed E-state index contributed by atoms with van der Waals surface area (Å²) < 4.78 is 53.2. The van der Waals surface area contributed by atoms with Crippen LogP contribution >= 0.6 is 0 Å². The standard InChI is InChI=1S/C28H34FN5O7S/c1-16-13-34(17(2)15-35)27(36)23-12-22(32-42(38,39)26-18(3)31-41-19(26)4)10-11-24(23)40-25(16)14-33(5)28(37)30-21-8-6-20(29)7-9-21/h6-12,16-17,25,32,35H,13-15H2,1-5H3,(H,30,37)/t16-,17-,25-/m1/s1. The first-order valence-electron chi connectivity index (χ1n) is 13.3.